The Kier molecular flexibility index (Phi) is 4.64. The van der Waals surface area contributed by atoms with E-state index >= 15 is 0 Å². The van der Waals surface area contributed by atoms with Gasteiger partial charge < -0.3 is 11.1 Å². The molecule has 1 aromatic heterocycles. The van der Waals surface area contributed by atoms with E-state index in [-0.39, 0.29) is 0 Å². The van der Waals surface area contributed by atoms with Gasteiger partial charge in [0.1, 0.15) is 12.1 Å². The van der Waals surface area contributed by atoms with Gasteiger partial charge in [0.2, 0.25) is 5.91 Å². The van der Waals surface area contributed by atoms with Gasteiger partial charge >= 0.3 is 0 Å². The van der Waals surface area contributed by atoms with Crippen molar-refractivity contribution in [2.45, 2.75) is 0 Å². The number of nitrogens with zero attached hydrogens (tertiary/aromatic N) is 2. The van der Waals surface area contributed by atoms with Crippen LogP contribution in [0, 0.1) is 0 Å². The third kappa shape index (κ3) is 3.48. The van der Waals surface area contributed by atoms with Gasteiger partial charge in [-0.15, -0.1) is 0 Å². The molecule has 0 aliphatic carbocycles. The maximum Gasteiger partial charge on any atom is 0.249 e. The highest BCUT2D eigenvalue weighted by Crippen LogP contribution is 2.28. The number of nitrogens with one attached hydrogen (secondary N) is 1. The van der Waals surface area contributed by atoms with Crippen molar-refractivity contribution in [3.63, 3.8) is 0 Å². The lowest BCUT2D eigenvalue weighted by Crippen LogP contribution is -2.12. The van der Waals surface area contributed by atoms with Gasteiger partial charge in [-0.1, -0.05) is 41.4 Å². The fourth-order valence-electron chi connectivity index (χ4n) is 2.22. The predicted octanol–water partition coefficient (Wildman–Crippen LogP) is 4.29. The SMILES string of the molecule is NC(=O)c1ccccc1-c1cc(Nc2ccc(Cl)c(Cl)c2)ncn1. The lowest BCUT2D eigenvalue weighted by molar-refractivity contribution is 0.100. The van der Waals surface area contributed by atoms with E-state index in [9.17, 15) is 4.79 Å². The molecule has 3 N–H and O–H groups in total. The minimum atomic E-state index is -0.511. The number of hydrogen-bond acceptors (Lipinski definition) is 4. The molecule has 0 bridgehead atoms. The molecule has 120 valence electrons. The summed E-state index contributed by atoms with van der Waals surface area (Å²) in [6.07, 6.45) is 1.41. The summed E-state index contributed by atoms with van der Waals surface area (Å²) in [5.74, 6) is 0.0425. The number of benzene rings is 2. The van der Waals surface area contributed by atoms with Gasteiger partial charge in [0.25, 0.3) is 0 Å². The summed E-state index contributed by atoms with van der Waals surface area (Å²) in [4.78, 5) is 20.0. The molecule has 0 saturated carbocycles. The number of anilines is 2. The number of rotatable bonds is 4. The first-order chi connectivity index (χ1) is 11.5. The van der Waals surface area contributed by atoms with Crippen LogP contribution in [0.2, 0.25) is 10.0 Å². The minimum Gasteiger partial charge on any atom is -0.366 e. The van der Waals surface area contributed by atoms with Crippen LogP contribution >= 0.6 is 23.2 Å². The number of aromatic nitrogens is 2. The zero-order valence-electron chi connectivity index (χ0n) is 12.3. The van der Waals surface area contributed by atoms with Crippen LogP contribution in [0.15, 0.2) is 54.9 Å². The zero-order chi connectivity index (χ0) is 17.1. The van der Waals surface area contributed by atoms with Gasteiger partial charge in [-0.3, -0.25) is 4.79 Å². The summed E-state index contributed by atoms with van der Waals surface area (Å²) in [7, 11) is 0. The van der Waals surface area contributed by atoms with Crippen molar-refractivity contribution in [2.24, 2.45) is 5.73 Å². The molecule has 0 aliphatic heterocycles. The van der Waals surface area contributed by atoms with E-state index in [4.69, 9.17) is 28.9 Å². The molecule has 24 heavy (non-hydrogen) atoms. The van der Waals surface area contributed by atoms with E-state index in [1.807, 2.05) is 6.07 Å². The second-order valence-electron chi connectivity index (χ2n) is 4.95. The van der Waals surface area contributed by atoms with E-state index in [2.05, 4.69) is 15.3 Å². The molecule has 3 rings (SSSR count). The van der Waals surface area contributed by atoms with E-state index in [1.54, 1.807) is 42.5 Å². The molecule has 0 radical (unpaired) electrons. The Labute approximate surface area is 148 Å². The van der Waals surface area contributed by atoms with E-state index in [1.165, 1.54) is 6.33 Å². The minimum absolute atomic E-state index is 0.400. The van der Waals surface area contributed by atoms with E-state index < -0.39 is 5.91 Å². The van der Waals surface area contributed by atoms with Gasteiger partial charge in [-0.05, 0) is 24.3 Å². The van der Waals surface area contributed by atoms with Gasteiger partial charge in [0.15, 0.2) is 0 Å². The maximum absolute atomic E-state index is 11.6. The quantitative estimate of drug-likeness (QED) is 0.728. The number of hydrogen-bond donors (Lipinski definition) is 2. The molecule has 0 aliphatic rings. The topological polar surface area (TPSA) is 80.9 Å². The summed E-state index contributed by atoms with van der Waals surface area (Å²) < 4.78 is 0. The van der Waals surface area contributed by atoms with Crippen molar-refractivity contribution in [3.05, 3.63) is 70.5 Å². The predicted molar refractivity (Wildman–Crippen MR) is 95.7 cm³/mol. The Bertz CT molecular complexity index is 915. The molecule has 0 spiro atoms. The molecule has 5 nitrogen and oxygen atoms in total. The summed E-state index contributed by atoms with van der Waals surface area (Å²) in [5.41, 5.74) is 7.78. The number of halogens is 2. The Morgan fingerprint density at radius 1 is 1.00 bits per heavy atom. The number of carbonyl (C=O) groups is 1. The molecular formula is C17H12Cl2N4O. The first-order valence-corrected chi connectivity index (χ1v) is 7.73. The molecule has 0 unspecified atom stereocenters. The molecule has 1 heterocycles. The van der Waals surface area contributed by atoms with Crippen LogP contribution in [-0.2, 0) is 0 Å². The molecular weight excluding hydrogens is 347 g/mol. The van der Waals surface area contributed by atoms with Crippen LogP contribution in [0.4, 0.5) is 11.5 Å². The standard InChI is InChI=1S/C17H12Cl2N4O/c18-13-6-5-10(7-14(13)19)23-16-8-15(21-9-22-16)11-3-1-2-4-12(11)17(20)24/h1-9H,(H2,20,24)(H,21,22,23). The van der Waals surface area contributed by atoms with Gasteiger partial charge in [0.05, 0.1) is 15.7 Å². The fraction of sp³-hybridized carbons (Fsp3) is 0. The average Bonchev–Trinajstić information content (AvgIpc) is 2.58. The normalized spacial score (nSPS) is 10.4. The third-order valence-electron chi connectivity index (χ3n) is 3.33. The second-order valence-corrected chi connectivity index (χ2v) is 5.77. The molecule has 3 aromatic rings. The van der Waals surface area contributed by atoms with Gasteiger partial charge in [0, 0.05) is 22.9 Å². The molecule has 1 amide bonds. The molecule has 0 saturated heterocycles. The molecule has 0 atom stereocenters. The third-order valence-corrected chi connectivity index (χ3v) is 4.07. The summed E-state index contributed by atoms with van der Waals surface area (Å²) in [5, 5.41) is 4.03. The van der Waals surface area contributed by atoms with Crippen LogP contribution in [-0.4, -0.2) is 15.9 Å². The number of primary amides is 1. The Morgan fingerprint density at radius 3 is 2.54 bits per heavy atom. The highest BCUT2D eigenvalue weighted by Gasteiger charge is 2.11. The highest BCUT2D eigenvalue weighted by atomic mass is 35.5. The lowest BCUT2D eigenvalue weighted by Gasteiger charge is -2.09. The summed E-state index contributed by atoms with van der Waals surface area (Å²) >= 11 is 11.9. The van der Waals surface area contributed by atoms with Gasteiger partial charge in [-0.2, -0.15) is 0 Å². The Hall–Kier alpha value is -2.63. The largest absolute Gasteiger partial charge is 0.366 e. The van der Waals surface area contributed by atoms with Crippen molar-refractivity contribution in [2.75, 3.05) is 5.32 Å². The molecule has 2 aromatic carbocycles. The van der Waals surface area contributed by atoms with Crippen LogP contribution in [0.25, 0.3) is 11.3 Å². The van der Waals surface area contributed by atoms with Crippen LogP contribution in [0.3, 0.4) is 0 Å². The smallest absolute Gasteiger partial charge is 0.249 e. The Balaban J connectivity index is 1.95. The van der Waals surface area contributed by atoms with Crippen molar-refractivity contribution >= 4 is 40.6 Å². The average molecular weight is 359 g/mol. The first kappa shape index (κ1) is 16.2. The summed E-state index contributed by atoms with van der Waals surface area (Å²) in [6.45, 7) is 0. The fourth-order valence-corrected chi connectivity index (χ4v) is 2.51. The monoisotopic (exact) mass is 358 g/mol. The van der Waals surface area contributed by atoms with E-state index in [0.717, 1.165) is 5.69 Å². The lowest BCUT2D eigenvalue weighted by atomic mass is 10.0. The van der Waals surface area contributed by atoms with Crippen molar-refractivity contribution < 1.29 is 4.79 Å². The van der Waals surface area contributed by atoms with Crippen LogP contribution in [0.1, 0.15) is 10.4 Å². The van der Waals surface area contributed by atoms with Crippen LogP contribution < -0.4 is 11.1 Å². The van der Waals surface area contributed by atoms with Crippen molar-refractivity contribution in [3.8, 4) is 11.3 Å². The second kappa shape index (κ2) is 6.86. The number of carbonyl (C=O) groups excluding carboxylic acids is 1. The summed E-state index contributed by atoms with van der Waals surface area (Å²) in [6, 6.07) is 13.9. The molecule has 0 fully saturated rings. The number of nitrogens with two attached hydrogens (primary N) is 1. The zero-order valence-corrected chi connectivity index (χ0v) is 13.8. The first-order valence-electron chi connectivity index (χ1n) is 6.98. The van der Waals surface area contributed by atoms with Crippen molar-refractivity contribution in [1.29, 1.82) is 0 Å². The number of amides is 1. The Morgan fingerprint density at radius 2 is 1.79 bits per heavy atom. The van der Waals surface area contributed by atoms with Crippen molar-refractivity contribution in [1.82, 2.24) is 9.97 Å². The molecule has 7 heteroatoms. The van der Waals surface area contributed by atoms with Crippen LogP contribution in [0.5, 0.6) is 0 Å². The maximum atomic E-state index is 11.6. The van der Waals surface area contributed by atoms with E-state index in [0.29, 0.717) is 32.7 Å². The highest BCUT2D eigenvalue weighted by molar-refractivity contribution is 6.42. The van der Waals surface area contributed by atoms with Gasteiger partial charge in [-0.25, -0.2) is 9.97 Å².